The zero-order valence-electron chi connectivity index (χ0n) is 44.3. The molecular weight excluding hydrogens is 841 g/mol. The maximum atomic E-state index is 12.8. The number of unbranched alkanes of at least 4 members (excludes halogenated alkanes) is 23. The Morgan fingerprint density at radius 1 is 0.309 bits per heavy atom. The summed E-state index contributed by atoms with van der Waals surface area (Å²) in [5.41, 5.74) is 0. The van der Waals surface area contributed by atoms with E-state index in [9.17, 15) is 14.4 Å². The summed E-state index contributed by atoms with van der Waals surface area (Å²) in [6, 6.07) is 0. The molecule has 0 bridgehead atoms. The van der Waals surface area contributed by atoms with E-state index in [1.54, 1.807) is 0 Å². The van der Waals surface area contributed by atoms with Crippen molar-refractivity contribution in [1.29, 1.82) is 0 Å². The van der Waals surface area contributed by atoms with Crippen LogP contribution in [0.5, 0.6) is 0 Å². The van der Waals surface area contributed by atoms with Gasteiger partial charge >= 0.3 is 17.9 Å². The van der Waals surface area contributed by atoms with Crippen LogP contribution in [0.1, 0.15) is 258 Å². The Kier molecular flexibility index (Phi) is 52.9. The van der Waals surface area contributed by atoms with Gasteiger partial charge in [-0.05, 0) is 103 Å². The third kappa shape index (κ3) is 53.3. The quantitative estimate of drug-likeness (QED) is 0.0262. The van der Waals surface area contributed by atoms with Crippen LogP contribution >= 0.6 is 0 Å². The molecule has 1 atom stereocenters. The van der Waals surface area contributed by atoms with Crippen molar-refractivity contribution in [2.75, 3.05) is 13.2 Å². The van der Waals surface area contributed by atoms with Gasteiger partial charge in [0, 0.05) is 19.3 Å². The van der Waals surface area contributed by atoms with Crippen LogP contribution in [0.3, 0.4) is 0 Å². The van der Waals surface area contributed by atoms with Crippen LogP contribution in [0.25, 0.3) is 0 Å². The molecule has 68 heavy (non-hydrogen) atoms. The topological polar surface area (TPSA) is 78.9 Å². The molecule has 388 valence electrons. The second-order valence-corrected chi connectivity index (χ2v) is 18.5. The first kappa shape index (κ1) is 64.3. The zero-order chi connectivity index (χ0) is 49.3. The van der Waals surface area contributed by atoms with E-state index in [2.05, 4.69) is 118 Å². The molecule has 0 spiro atoms. The van der Waals surface area contributed by atoms with E-state index in [0.29, 0.717) is 19.3 Å². The van der Waals surface area contributed by atoms with E-state index in [1.165, 1.54) is 96.3 Å². The SMILES string of the molecule is CC/C=C\C/C=C\C/C=C\C/C=C\C/C=C\C/C=C\CCCCCCC(=O)OCC(COC(=O)CCCCCCCCCCCC)OC(=O)CCCCCCCCC/C=C\C/C=C\CCCCC. The highest BCUT2D eigenvalue weighted by Crippen LogP contribution is 2.14. The van der Waals surface area contributed by atoms with Gasteiger partial charge in [0.1, 0.15) is 13.2 Å². The smallest absolute Gasteiger partial charge is 0.306 e. The highest BCUT2D eigenvalue weighted by molar-refractivity contribution is 5.71. The van der Waals surface area contributed by atoms with Crippen molar-refractivity contribution in [2.24, 2.45) is 0 Å². The maximum Gasteiger partial charge on any atom is 0.306 e. The summed E-state index contributed by atoms with van der Waals surface area (Å²) in [6.07, 6.45) is 73.9. The summed E-state index contributed by atoms with van der Waals surface area (Å²) in [4.78, 5) is 38.1. The first-order chi connectivity index (χ1) is 33.5. The van der Waals surface area contributed by atoms with Crippen LogP contribution in [-0.2, 0) is 28.6 Å². The number of hydrogen-bond donors (Lipinski definition) is 0. The average Bonchev–Trinajstić information content (AvgIpc) is 3.34. The van der Waals surface area contributed by atoms with Gasteiger partial charge in [0.2, 0.25) is 0 Å². The van der Waals surface area contributed by atoms with Gasteiger partial charge in [-0.3, -0.25) is 14.4 Å². The molecule has 0 saturated carbocycles. The van der Waals surface area contributed by atoms with Gasteiger partial charge in [-0.2, -0.15) is 0 Å². The van der Waals surface area contributed by atoms with Crippen LogP contribution in [0.15, 0.2) is 97.2 Å². The first-order valence-electron chi connectivity index (χ1n) is 28.2. The van der Waals surface area contributed by atoms with Gasteiger partial charge in [0.25, 0.3) is 0 Å². The molecule has 6 heteroatoms. The minimum Gasteiger partial charge on any atom is -0.462 e. The van der Waals surface area contributed by atoms with Gasteiger partial charge in [-0.25, -0.2) is 0 Å². The van der Waals surface area contributed by atoms with Crippen molar-refractivity contribution in [3.8, 4) is 0 Å². The Labute approximate surface area is 419 Å². The molecule has 0 aromatic rings. The molecular formula is C62H104O6. The standard InChI is InChI=1S/C62H104O6/c1-4-7-10-13-16-19-22-24-26-28-29-30-31-32-33-35-36-38-40-43-46-49-52-55-61(64)67-58-59(57-66-60(63)54-51-48-45-42-21-18-15-12-9-6-3)68-62(65)56-53-50-47-44-41-39-37-34-27-25-23-20-17-14-11-8-5-2/h7,10,16-17,19-20,24-27,29-30,32-33,36,38,59H,4-6,8-9,11-15,18,21-23,28,31,34-35,37,39-58H2,1-3H3/b10-7-,19-16-,20-17-,26-24-,27-25-,30-29-,33-32-,38-36-. The molecule has 0 saturated heterocycles. The summed E-state index contributed by atoms with van der Waals surface area (Å²) < 4.78 is 16.8. The molecule has 0 aliphatic rings. The molecule has 0 aliphatic heterocycles. The Bertz CT molecular complexity index is 1360. The predicted octanol–water partition coefficient (Wildman–Crippen LogP) is 18.9. The lowest BCUT2D eigenvalue weighted by atomic mass is 10.1. The van der Waals surface area contributed by atoms with Gasteiger partial charge in [0.15, 0.2) is 6.10 Å². The molecule has 0 rings (SSSR count). The Morgan fingerprint density at radius 3 is 0.926 bits per heavy atom. The van der Waals surface area contributed by atoms with E-state index in [4.69, 9.17) is 14.2 Å². The first-order valence-corrected chi connectivity index (χ1v) is 28.2. The zero-order valence-corrected chi connectivity index (χ0v) is 44.3. The number of esters is 3. The number of carbonyl (C=O) groups is 3. The molecule has 0 fully saturated rings. The third-order valence-electron chi connectivity index (χ3n) is 11.8. The molecule has 0 N–H and O–H groups in total. The van der Waals surface area contributed by atoms with Crippen LogP contribution in [0.4, 0.5) is 0 Å². The summed E-state index contributed by atoms with van der Waals surface area (Å²) in [5, 5.41) is 0. The van der Waals surface area contributed by atoms with Crippen LogP contribution < -0.4 is 0 Å². The molecule has 0 aliphatic carbocycles. The molecule has 0 aromatic heterocycles. The van der Waals surface area contributed by atoms with Crippen LogP contribution in [0.2, 0.25) is 0 Å². The van der Waals surface area contributed by atoms with Gasteiger partial charge in [0.05, 0.1) is 0 Å². The van der Waals surface area contributed by atoms with E-state index in [1.807, 2.05) is 0 Å². The fourth-order valence-corrected chi connectivity index (χ4v) is 7.59. The minimum atomic E-state index is -0.791. The third-order valence-corrected chi connectivity index (χ3v) is 11.8. The fourth-order valence-electron chi connectivity index (χ4n) is 7.59. The summed E-state index contributed by atoms with van der Waals surface area (Å²) in [5.74, 6) is -0.922. The van der Waals surface area contributed by atoms with E-state index in [-0.39, 0.29) is 31.1 Å². The largest absolute Gasteiger partial charge is 0.462 e. The van der Waals surface area contributed by atoms with Crippen LogP contribution in [0, 0.1) is 0 Å². The highest BCUT2D eigenvalue weighted by atomic mass is 16.6. The van der Waals surface area contributed by atoms with E-state index in [0.717, 1.165) is 122 Å². The van der Waals surface area contributed by atoms with E-state index >= 15 is 0 Å². The Balaban J connectivity index is 4.38. The average molecular weight is 946 g/mol. The molecule has 6 nitrogen and oxygen atoms in total. The lowest BCUT2D eigenvalue weighted by Crippen LogP contribution is -2.30. The second-order valence-electron chi connectivity index (χ2n) is 18.5. The summed E-state index contributed by atoms with van der Waals surface area (Å²) >= 11 is 0. The monoisotopic (exact) mass is 945 g/mol. The molecule has 0 aromatic carbocycles. The van der Waals surface area contributed by atoms with E-state index < -0.39 is 6.10 Å². The fraction of sp³-hybridized carbons (Fsp3) is 0.694. The second kappa shape index (κ2) is 55.9. The molecule has 0 heterocycles. The molecule has 0 radical (unpaired) electrons. The molecule has 0 amide bonds. The van der Waals surface area contributed by atoms with Crippen molar-refractivity contribution in [3.05, 3.63) is 97.2 Å². The summed E-state index contributed by atoms with van der Waals surface area (Å²) in [6.45, 7) is 6.46. The lowest BCUT2D eigenvalue weighted by molar-refractivity contribution is -0.167. The lowest BCUT2D eigenvalue weighted by Gasteiger charge is -2.18. The number of ether oxygens (including phenoxy) is 3. The van der Waals surface area contributed by atoms with Crippen LogP contribution in [-0.4, -0.2) is 37.2 Å². The van der Waals surface area contributed by atoms with Crippen molar-refractivity contribution in [2.45, 2.75) is 264 Å². The number of carbonyl (C=O) groups excluding carboxylic acids is 3. The van der Waals surface area contributed by atoms with Crippen molar-refractivity contribution < 1.29 is 28.6 Å². The number of rotatable bonds is 50. The predicted molar refractivity (Wildman–Crippen MR) is 293 cm³/mol. The minimum absolute atomic E-state index is 0.0881. The maximum absolute atomic E-state index is 12.8. The van der Waals surface area contributed by atoms with Crippen molar-refractivity contribution in [3.63, 3.8) is 0 Å². The highest BCUT2D eigenvalue weighted by Gasteiger charge is 2.19. The molecule has 1 unspecified atom stereocenters. The summed E-state index contributed by atoms with van der Waals surface area (Å²) in [7, 11) is 0. The number of allylic oxidation sites excluding steroid dienone is 16. The normalized spacial score (nSPS) is 12.8. The van der Waals surface area contributed by atoms with Crippen molar-refractivity contribution in [1.82, 2.24) is 0 Å². The van der Waals surface area contributed by atoms with Crippen molar-refractivity contribution >= 4 is 17.9 Å². The van der Waals surface area contributed by atoms with Gasteiger partial charge < -0.3 is 14.2 Å². The van der Waals surface area contributed by atoms with Gasteiger partial charge in [-0.15, -0.1) is 0 Å². The Hall–Kier alpha value is -3.67. The van der Waals surface area contributed by atoms with Gasteiger partial charge in [-0.1, -0.05) is 234 Å². The Morgan fingerprint density at radius 2 is 0.574 bits per heavy atom. The number of hydrogen-bond acceptors (Lipinski definition) is 6.